The van der Waals surface area contributed by atoms with Gasteiger partial charge in [-0.15, -0.1) is 0 Å². The third-order valence-corrected chi connectivity index (χ3v) is 4.59. The van der Waals surface area contributed by atoms with E-state index in [1.165, 1.54) is 5.69 Å². The molecule has 1 aliphatic heterocycles. The van der Waals surface area contributed by atoms with Crippen LogP contribution in [0, 0.1) is 0 Å². The zero-order valence-corrected chi connectivity index (χ0v) is 14.3. The monoisotopic (exact) mass is 326 g/mol. The van der Waals surface area contributed by atoms with Crippen molar-refractivity contribution in [2.24, 2.45) is 0 Å². The number of aliphatic hydroxyl groups excluding tert-OH is 1. The number of piperazine rings is 1. The molecule has 0 aliphatic carbocycles. The Balaban J connectivity index is 1.75. The van der Waals surface area contributed by atoms with Crippen molar-refractivity contribution in [2.45, 2.75) is 6.61 Å². The van der Waals surface area contributed by atoms with Crippen molar-refractivity contribution in [3.8, 4) is 11.3 Å². The summed E-state index contributed by atoms with van der Waals surface area (Å²) in [5.74, 6) is 0. The summed E-state index contributed by atoms with van der Waals surface area (Å²) in [7, 11) is 2.00. The van der Waals surface area contributed by atoms with Crippen molar-refractivity contribution in [1.29, 1.82) is 0 Å². The number of nitrogens with zero attached hydrogens (tertiary/aromatic N) is 3. The van der Waals surface area contributed by atoms with Crippen LogP contribution in [0.3, 0.4) is 0 Å². The van der Waals surface area contributed by atoms with Gasteiger partial charge in [0, 0.05) is 51.0 Å². The fourth-order valence-corrected chi connectivity index (χ4v) is 3.12. The number of nitrogens with one attached hydrogen (secondary N) is 1. The number of aromatic nitrogens is 1. The van der Waals surface area contributed by atoms with E-state index in [9.17, 15) is 5.11 Å². The van der Waals surface area contributed by atoms with Crippen LogP contribution in [0.1, 0.15) is 5.56 Å². The molecule has 5 heteroatoms. The van der Waals surface area contributed by atoms with Crippen LogP contribution in [0.2, 0.25) is 0 Å². The second kappa shape index (κ2) is 8.24. The van der Waals surface area contributed by atoms with E-state index in [-0.39, 0.29) is 6.61 Å². The number of pyridine rings is 1. The Morgan fingerprint density at radius 3 is 2.50 bits per heavy atom. The molecular weight excluding hydrogens is 300 g/mol. The molecule has 3 rings (SSSR count). The summed E-state index contributed by atoms with van der Waals surface area (Å²) in [4.78, 5) is 9.55. The largest absolute Gasteiger partial charge is 0.392 e. The molecule has 0 atom stereocenters. The summed E-state index contributed by atoms with van der Waals surface area (Å²) < 4.78 is 0. The lowest BCUT2D eigenvalue weighted by Gasteiger charge is -2.36. The third kappa shape index (κ3) is 3.93. The van der Waals surface area contributed by atoms with E-state index in [0.717, 1.165) is 56.1 Å². The Hall–Kier alpha value is -1.95. The van der Waals surface area contributed by atoms with E-state index in [0.29, 0.717) is 0 Å². The lowest BCUT2D eigenvalue weighted by Crippen LogP contribution is -2.48. The van der Waals surface area contributed by atoms with Gasteiger partial charge in [-0.1, -0.05) is 24.3 Å². The first kappa shape index (κ1) is 16.9. The van der Waals surface area contributed by atoms with Crippen molar-refractivity contribution >= 4 is 5.69 Å². The Kier molecular flexibility index (Phi) is 5.80. The molecule has 0 bridgehead atoms. The number of benzene rings is 1. The molecule has 1 aliphatic rings. The molecule has 0 saturated carbocycles. The standard InChI is InChI=1S/C19H26N4O/c1-20-9-10-22-11-13-23(14-12-22)18-3-2-8-21-19(18)17-6-4-16(15-24)5-7-17/h2-8,20,24H,9-15H2,1H3. The second-order valence-electron chi connectivity index (χ2n) is 6.16. The predicted octanol–water partition coefficient (Wildman–Crippen LogP) is 1.58. The van der Waals surface area contributed by atoms with E-state index in [1.807, 2.05) is 43.6 Å². The van der Waals surface area contributed by atoms with Crippen molar-refractivity contribution in [2.75, 3.05) is 51.2 Å². The lowest BCUT2D eigenvalue weighted by molar-refractivity contribution is 0.260. The van der Waals surface area contributed by atoms with Crippen LogP contribution in [-0.2, 0) is 6.61 Å². The highest BCUT2D eigenvalue weighted by Gasteiger charge is 2.19. The number of hydrogen-bond donors (Lipinski definition) is 2. The molecule has 0 unspecified atom stereocenters. The van der Waals surface area contributed by atoms with Crippen molar-refractivity contribution < 1.29 is 5.11 Å². The van der Waals surface area contributed by atoms with Crippen LogP contribution in [0.15, 0.2) is 42.6 Å². The fraction of sp³-hybridized carbons (Fsp3) is 0.421. The third-order valence-electron chi connectivity index (χ3n) is 4.59. The first-order chi connectivity index (χ1) is 11.8. The summed E-state index contributed by atoms with van der Waals surface area (Å²) in [6.07, 6.45) is 1.85. The van der Waals surface area contributed by atoms with Gasteiger partial charge in [0.15, 0.2) is 0 Å². The van der Waals surface area contributed by atoms with Gasteiger partial charge in [0.25, 0.3) is 0 Å². The number of hydrogen-bond acceptors (Lipinski definition) is 5. The van der Waals surface area contributed by atoms with Gasteiger partial charge in [0.05, 0.1) is 18.0 Å². The van der Waals surface area contributed by atoms with E-state index in [4.69, 9.17) is 0 Å². The summed E-state index contributed by atoms with van der Waals surface area (Å²) in [5.41, 5.74) is 4.24. The first-order valence-electron chi connectivity index (χ1n) is 8.59. The van der Waals surface area contributed by atoms with Crippen LogP contribution in [0.4, 0.5) is 5.69 Å². The van der Waals surface area contributed by atoms with Gasteiger partial charge in [-0.2, -0.15) is 0 Å². The molecule has 1 aromatic heterocycles. The predicted molar refractivity (Wildman–Crippen MR) is 98.2 cm³/mol. The molecule has 2 N–H and O–H groups in total. The van der Waals surface area contributed by atoms with Gasteiger partial charge >= 0.3 is 0 Å². The highest BCUT2D eigenvalue weighted by atomic mass is 16.3. The Morgan fingerprint density at radius 2 is 1.83 bits per heavy atom. The highest BCUT2D eigenvalue weighted by molar-refractivity contribution is 5.75. The first-order valence-corrected chi connectivity index (χ1v) is 8.59. The molecule has 1 saturated heterocycles. The number of rotatable bonds is 6. The molecule has 1 aromatic carbocycles. The second-order valence-corrected chi connectivity index (χ2v) is 6.16. The number of aliphatic hydroxyl groups is 1. The minimum atomic E-state index is 0.0733. The zero-order valence-electron chi connectivity index (χ0n) is 14.3. The minimum Gasteiger partial charge on any atom is -0.392 e. The van der Waals surface area contributed by atoms with Crippen LogP contribution in [0.5, 0.6) is 0 Å². The molecule has 2 heterocycles. The normalized spacial score (nSPS) is 15.7. The summed E-state index contributed by atoms with van der Waals surface area (Å²) in [6, 6.07) is 12.2. The molecular formula is C19H26N4O. The average molecular weight is 326 g/mol. The Morgan fingerprint density at radius 1 is 1.08 bits per heavy atom. The van der Waals surface area contributed by atoms with Gasteiger partial charge in [-0.3, -0.25) is 9.88 Å². The van der Waals surface area contributed by atoms with Gasteiger partial charge in [0.1, 0.15) is 0 Å². The summed E-state index contributed by atoms with van der Waals surface area (Å²) in [6.45, 7) is 6.43. The zero-order chi connectivity index (χ0) is 16.8. The minimum absolute atomic E-state index is 0.0733. The molecule has 128 valence electrons. The molecule has 0 spiro atoms. The van der Waals surface area contributed by atoms with E-state index < -0.39 is 0 Å². The van der Waals surface area contributed by atoms with Crippen LogP contribution < -0.4 is 10.2 Å². The Bertz CT molecular complexity index is 636. The van der Waals surface area contributed by atoms with Gasteiger partial charge in [0.2, 0.25) is 0 Å². The quantitative estimate of drug-likeness (QED) is 0.844. The summed E-state index contributed by atoms with van der Waals surface area (Å²) >= 11 is 0. The molecule has 1 fully saturated rings. The Labute approximate surface area is 143 Å². The molecule has 0 amide bonds. The summed E-state index contributed by atoms with van der Waals surface area (Å²) in [5, 5.41) is 12.4. The molecule has 2 aromatic rings. The van der Waals surface area contributed by atoms with E-state index in [2.05, 4.69) is 26.2 Å². The lowest BCUT2D eigenvalue weighted by atomic mass is 10.1. The molecule has 0 radical (unpaired) electrons. The van der Waals surface area contributed by atoms with Crippen molar-refractivity contribution in [3.05, 3.63) is 48.2 Å². The van der Waals surface area contributed by atoms with Crippen LogP contribution in [0.25, 0.3) is 11.3 Å². The van der Waals surface area contributed by atoms with Crippen LogP contribution in [-0.4, -0.2) is 61.3 Å². The van der Waals surface area contributed by atoms with Crippen molar-refractivity contribution in [3.63, 3.8) is 0 Å². The molecule has 24 heavy (non-hydrogen) atoms. The molecule has 5 nitrogen and oxygen atoms in total. The SMILES string of the molecule is CNCCN1CCN(c2cccnc2-c2ccc(CO)cc2)CC1. The van der Waals surface area contributed by atoms with E-state index >= 15 is 0 Å². The van der Waals surface area contributed by atoms with E-state index in [1.54, 1.807) is 0 Å². The van der Waals surface area contributed by atoms with Gasteiger partial charge in [-0.25, -0.2) is 0 Å². The maximum Gasteiger partial charge on any atom is 0.0935 e. The fourth-order valence-electron chi connectivity index (χ4n) is 3.12. The van der Waals surface area contributed by atoms with Crippen LogP contribution >= 0.6 is 0 Å². The maximum atomic E-state index is 9.21. The topological polar surface area (TPSA) is 51.6 Å². The number of anilines is 1. The van der Waals surface area contributed by atoms with Gasteiger partial charge < -0.3 is 15.3 Å². The maximum absolute atomic E-state index is 9.21. The average Bonchev–Trinajstić information content (AvgIpc) is 2.67. The smallest absolute Gasteiger partial charge is 0.0935 e. The number of likely N-dealkylation sites (N-methyl/N-ethyl adjacent to an activating group) is 1. The van der Waals surface area contributed by atoms with Gasteiger partial charge in [-0.05, 0) is 24.7 Å². The van der Waals surface area contributed by atoms with Crippen molar-refractivity contribution in [1.82, 2.24) is 15.2 Å². The highest BCUT2D eigenvalue weighted by Crippen LogP contribution is 2.29.